The van der Waals surface area contributed by atoms with Crippen molar-refractivity contribution in [2.24, 2.45) is 5.41 Å². The molecule has 1 aliphatic rings. The quantitative estimate of drug-likeness (QED) is 0.527. The van der Waals surface area contributed by atoms with Gasteiger partial charge in [0.1, 0.15) is 5.56 Å². The Labute approximate surface area is 213 Å². The van der Waals surface area contributed by atoms with E-state index < -0.39 is 23.4 Å². The van der Waals surface area contributed by atoms with Crippen molar-refractivity contribution in [3.63, 3.8) is 0 Å². The summed E-state index contributed by atoms with van der Waals surface area (Å²) in [4.78, 5) is 64.6. The number of esters is 2. The van der Waals surface area contributed by atoms with Gasteiger partial charge in [-0.05, 0) is 48.2 Å². The molecule has 3 aromatic rings. The van der Waals surface area contributed by atoms with E-state index in [1.165, 1.54) is 43.1 Å². The number of fused-ring (bicyclic) bond motifs is 1. The number of Topliss-reactive ketones (excluding diaryl/α,β-unsaturated/α-hetero) is 1. The second-order valence-electron chi connectivity index (χ2n) is 9.53. The zero-order valence-electron chi connectivity index (χ0n) is 20.9. The third kappa shape index (κ3) is 4.93. The fourth-order valence-electron chi connectivity index (χ4n) is 4.50. The summed E-state index contributed by atoms with van der Waals surface area (Å²) in [6.07, 6.45) is 0.732. The lowest BCUT2D eigenvalue weighted by Gasteiger charge is -2.32. The highest BCUT2D eigenvalue weighted by Crippen LogP contribution is 2.35. The number of rotatable bonds is 5. The zero-order valence-corrected chi connectivity index (χ0v) is 20.9. The SMILES string of the molecule is COC(=O)c1ccc(C(=O)OC)c(NC(=O)c2cc3c(n(-c4ccccc4)c2=O)CC(C)(C)CC3=O)c1. The van der Waals surface area contributed by atoms with E-state index in [1.807, 2.05) is 13.8 Å². The molecule has 0 spiro atoms. The summed E-state index contributed by atoms with van der Waals surface area (Å²) in [7, 11) is 2.38. The maximum Gasteiger partial charge on any atom is 0.339 e. The molecule has 37 heavy (non-hydrogen) atoms. The lowest BCUT2D eigenvalue weighted by molar-refractivity contribution is 0.0587. The van der Waals surface area contributed by atoms with Crippen LogP contribution >= 0.6 is 0 Å². The monoisotopic (exact) mass is 502 g/mol. The molecule has 0 unspecified atom stereocenters. The van der Waals surface area contributed by atoms with E-state index in [2.05, 4.69) is 5.32 Å². The number of aromatic nitrogens is 1. The predicted octanol–water partition coefficient (Wildman–Crippen LogP) is 3.82. The number of carbonyl (C=O) groups excluding carboxylic acids is 4. The Morgan fingerprint density at radius 2 is 1.54 bits per heavy atom. The lowest BCUT2D eigenvalue weighted by Crippen LogP contribution is -2.37. The third-order valence-electron chi connectivity index (χ3n) is 6.24. The summed E-state index contributed by atoms with van der Waals surface area (Å²) in [6.45, 7) is 3.91. The number of hydrogen-bond donors (Lipinski definition) is 1. The first-order valence-electron chi connectivity index (χ1n) is 11.6. The van der Waals surface area contributed by atoms with Crippen LogP contribution in [0.25, 0.3) is 5.69 Å². The van der Waals surface area contributed by atoms with Gasteiger partial charge in [0, 0.05) is 23.4 Å². The number of ether oxygens (including phenoxy) is 2. The minimum Gasteiger partial charge on any atom is -0.465 e. The van der Waals surface area contributed by atoms with Gasteiger partial charge >= 0.3 is 11.9 Å². The van der Waals surface area contributed by atoms with Crippen LogP contribution in [0.4, 0.5) is 5.69 Å². The second kappa shape index (κ2) is 9.85. The first-order chi connectivity index (χ1) is 17.6. The summed E-state index contributed by atoms with van der Waals surface area (Å²) >= 11 is 0. The number of anilines is 1. The number of hydrogen-bond acceptors (Lipinski definition) is 7. The Morgan fingerprint density at radius 3 is 2.19 bits per heavy atom. The van der Waals surface area contributed by atoms with Crippen LogP contribution in [0.2, 0.25) is 0 Å². The van der Waals surface area contributed by atoms with Crippen LogP contribution in [0.5, 0.6) is 0 Å². The Morgan fingerprint density at radius 1 is 0.865 bits per heavy atom. The van der Waals surface area contributed by atoms with Crippen LogP contribution in [0.1, 0.15) is 67.4 Å². The van der Waals surface area contributed by atoms with Crippen LogP contribution in [0.3, 0.4) is 0 Å². The topological polar surface area (TPSA) is 121 Å². The van der Waals surface area contributed by atoms with Crippen LogP contribution in [-0.2, 0) is 15.9 Å². The number of pyridine rings is 1. The number of methoxy groups -OCH3 is 2. The second-order valence-corrected chi connectivity index (χ2v) is 9.53. The lowest BCUT2D eigenvalue weighted by atomic mass is 9.75. The Bertz CT molecular complexity index is 1490. The van der Waals surface area contributed by atoms with Crippen molar-refractivity contribution in [3.8, 4) is 5.69 Å². The number of nitrogens with one attached hydrogen (secondary N) is 1. The molecule has 0 saturated heterocycles. The van der Waals surface area contributed by atoms with Gasteiger partial charge in [-0.25, -0.2) is 9.59 Å². The minimum absolute atomic E-state index is 0.0253. The Balaban J connectivity index is 1.87. The fraction of sp³-hybridized carbons (Fsp3) is 0.250. The molecule has 1 aliphatic carbocycles. The standard InChI is InChI=1S/C28H26N2O7/c1-28(2)14-22-19(23(31)15-28)13-20(25(33)30(22)17-8-6-5-7-9-17)24(32)29-21-12-16(26(34)36-3)10-11-18(21)27(35)37-4/h5-13H,14-15H2,1-4H3,(H,29,32). The van der Waals surface area contributed by atoms with Crippen molar-refractivity contribution in [3.05, 3.63) is 92.9 Å². The highest BCUT2D eigenvalue weighted by molar-refractivity contribution is 6.10. The highest BCUT2D eigenvalue weighted by Gasteiger charge is 2.35. The number of nitrogens with zero attached hydrogens (tertiary/aromatic N) is 1. The summed E-state index contributed by atoms with van der Waals surface area (Å²) in [5.74, 6) is -2.45. The van der Waals surface area contributed by atoms with E-state index >= 15 is 0 Å². The Hall–Kier alpha value is -4.53. The van der Waals surface area contributed by atoms with Crippen molar-refractivity contribution in [1.82, 2.24) is 4.57 Å². The molecule has 1 aromatic heterocycles. The molecule has 2 aromatic carbocycles. The summed E-state index contributed by atoms with van der Waals surface area (Å²) in [5, 5.41) is 2.55. The maximum absolute atomic E-state index is 13.7. The zero-order chi connectivity index (χ0) is 26.9. The molecule has 1 N–H and O–H groups in total. The smallest absolute Gasteiger partial charge is 0.339 e. The van der Waals surface area contributed by atoms with E-state index in [4.69, 9.17) is 9.47 Å². The minimum atomic E-state index is -0.845. The van der Waals surface area contributed by atoms with Gasteiger partial charge in [0.05, 0.1) is 31.0 Å². The first kappa shape index (κ1) is 25.6. The van der Waals surface area contributed by atoms with E-state index in [9.17, 15) is 24.0 Å². The van der Waals surface area contributed by atoms with E-state index in [0.717, 1.165) is 0 Å². The molecule has 1 heterocycles. The van der Waals surface area contributed by atoms with Gasteiger partial charge in [0.2, 0.25) is 0 Å². The number of para-hydroxylation sites is 1. The van der Waals surface area contributed by atoms with Gasteiger partial charge in [-0.2, -0.15) is 0 Å². The first-order valence-corrected chi connectivity index (χ1v) is 11.6. The summed E-state index contributed by atoms with van der Waals surface area (Å²) in [6, 6.07) is 14.0. The number of ketones is 1. The van der Waals surface area contributed by atoms with Crippen molar-refractivity contribution in [2.75, 3.05) is 19.5 Å². The maximum atomic E-state index is 13.7. The van der Waals surface area contributed by atoms with E-state index in [-0.39, 0.29) is 40.0 Å². The molecule has 1 amide bonds. The van der Waals surface area contributed by atoms with Crippen molar-refractivity contribution in [1.29, 1.82) is 0 Å². The third-order valence-corrected chi connectivity index (χ3v) is 6.24. The van der Waals surface area contributed by atoms with Gasteiger partial charge in [-0.1, -0.05) is 32.0 Å². The van der Waals surface area contributed by atoms with Gasteiger partial charge in [-0.15, -0.1) is 0 Å². The van der Waals surface area contributed by atoms with Crippen molar-refractivity contribution >= 4 is 29.3 Å². The molecular formula is C28H26N2O7. The molecule has 9 nitrogen and oxygen atoms in total. The number of amides is 1. The van der Waals surface area contributed by atoms with Crippen molar-refractivity contribution in [2.45, 2.75) is 26.7 Å². The molecule has 0 aliphatic heterocycles. The van der Waals surface area contributed by atoms with E-state index in [0.29, 0.717) is 23.4 Å². The summed E-state index contributed by atoms with van der Waals surface area (Å²) < 4.78 is 10.9. The van der Waals surface area contributed by atoms with Crippen molar-refractivity contribution < 1.29 is 28.7 Å². The molecule has 0 saturated carbocycles. The average molecular weight is 503 g/mol. The summed E-state index contributed by atoms with van der Waals surface area (Å²) in [5.41, 5.74) is 0.105. The van der Waals surface area contributed by atoms with Crippen LogP contribution in [-0.4, -0.2) is 42.4 Å². The van der Waals surface area contributed by atoms with E-state index in [1.54, 1.807) is 30.3 Å². The number of benzene rings is 2. The number of carbonyl (C=O) groups is 4. The van der Waals surface area contributed by atoms with Gasteiger partial charge < -0.3 is 14.8 Å². The van der Waals surface area contributed by atoms with Gasteiger partial charge in [0.15, 0.2) is 5.78 Å². The average Bonchev–Trinajstić information content (AvgIpc) is 2.87. The largest absolute Gasteiger partial charge is 0.465 e. The molecule has 190 valence electrons. The highest BCUT2D eigenvalue weighted by atomic mass is 16.5. The molecule has 9 heteroatoms. The van der Waals surface area contributed by atoms with Crippen LogP contribution in [0.15, 0.2) is 59.4 Å². The molecular weight excluding hydrogens is 476 g/mol. The molecule has 4 rings (SSSR count). The predicted molar refractivity (Wildman–Crippen MR) is 136 cm³/mol. The fourth-order valence-corrected chi connectivity index (χ4v) is 4.50. The molecule has 0 radical (unpaired) electrons. The molecule has 0 bridgehead atoms. The van der Waals surface area contributed by atoms with Gasteiger partial charge in [0.25, 0.3) is 11.5 Å². The normalized spacial score (nSPS) is 13.9. The molecule has 0 fully saturated rings. The van der Waals surface area contributed by atoms with Gasteiger partial charge in [-0.3, -0.25) is 19.0 Å². The molecule has 0 atom stereocenters. The van der Waals surface area contributed by atoms with Crippen LogP contribution in [0, 0.1) is 5.41 Å². The Kier molecular flexibility index (Phi) is 6.80. The van der Waals surface area contributed by atoms with Crippen LogP contribution < -0.4 is 10.9 Å².